The van der Waals surface area contributed by atoms with Crippen LogP contribution in [0.3, 0.4) is 0 Å². The van der Waals surface area contributed by atoms with E-state index in [1.807, 2.05) is 20.8 Å². The van der Waals surface area contributed by atoms with Gasteiger partial charge in [0.05, 0.1) is 26.2 Å². The molecule has 7 heteroatoms. The summed E-state index contributed by atoms with van der Waals surface area (Å²) in [4.78, 5) is 11.2. The highest BCUT2D eigenvalue weighted by Gasteiger charge is 2.48. The smallest absolute Gasteiger partial charge is 0.225 e. The maximum absolute atomic E-state index is 12.9. The summed E-state index contributed by atoms with van der Waals surface area (Å²) in [5.41, 5.74) is 2.80. The van der Waals surface area contributed by atoms with Gasteiger partial charge in [0, 0.05) is 25.5 Å². The van der Waals surface area contributed by atoms with Crippen LogP contribution in [0.2, 0.25) is 0 Å². The molecule has 1 spiro atoms. The van der Waals surface area contributed by atoms with Crippen LogP contribution in [-0.4, -0.2) is 32.0 Å². The molecular formula is C21H27BrN4OS. The summed E-state index contributed by atoms with van der Waals surface area (Å²) in [6.45, 7) is 7.90. The van der Waals surface area contributed by atoms with Gasteiger partial charge in [-0.3, -0.25) is 0 Å². The highest BCUT2D eigenvalue weighted by molar-refractivity contribution is 9.10. The van der Waals surface area contributed by atoms with E-state index in [2.05, 4.69) is 59.8 Å². The average Bonchev–Trinajstić information content (AvgIpc) is 2.95. The molecule has 0 saturated carbocycles. The lowest BCUT2D eigenvalue weighted by atomic mass is 9.73. The van der Waals surface area contributed by atoms with Crippen LogP contribution >= 0.6 is 15.9 Å². The largest absolute Gasteiger partial charge is 0.341 e. The normalized spacial score (nSPS) is 22.3. The van der Waals surface area contributed by atoms with Crippen molar-refractivity contribution in [3.8, 4) is 0 Å². The summed E-state index contributed by atoms with van der Waals surface area (Å²) in [7, 11) is -1.10. The molecular weight excluding hydrogens is 436 g/mol. The zero-order chi connectivity index (χ0) is 19.9. The average molecular weight is 463 g/mol. The second-order valence-corrected chi connectivity index (χ2v) is 11.8. The molecule has 1 saturated heterocycles. The Balaban J connectivity index is 1.57. The van der Waals surface area contributed by atoms with E-state index in [1.54, 1.807) is 12.4 Å². The number of benzene rings is 1. The maximum Gasteiger partial charge on any atom is 0.225 e. The summed E-state index contributed by atoms with van der Waals surface area (Å²) in [6.07, 6.45) is 6.70. The minimum absolute atomic E-state index is 0.0937. The fourth-order valence-electron chi connectivity index (χ4n) is 4.35. The second kappa shape index (κ2) is 7.50. The second-order valence-electron chi connectivity index (χ2n) is 8.86. The third kappa shape index (κ3) is 3.76. The lowest BCUT2D eigenvalue weighted by molar-refractivity contribution is 0.177. The fraction of sp³-hybridized carbons (Fsp3) is 0.524. The molecule has 0 amide bonds. The van der Waals surface area contributed by atoms with Gasteiger partial charge in [0.2, 0.25) is 5.95 Å². The Bertz CT molecular complexity index is 873. The van der Waals surface area contributed by atoms with Crippen LogP contribution in [-0.2, 0) is 17.4 Å². The van der Waals surface area contributed by atoms with Gasteiger partial charge in [-0.25, -0.2) is 18.9 Å². The Morgan fingerprint density at radius 1 is 1.18 bits per heavy atom. The first-order valence-electron chi connectivity index (χ1n) is 9.77. The molecule has 2 aliphatic rings. The van der Waals surface area contributed by atoms with Crippen molar-refractivity contribution >= 4 is 32.9 Å². The van der Waals surface area contributed by atoms with Gasteiger partial charge in [0.15, 0.2) is 0 Å². The van der Waals surface area contributed by atoms with E-state index in [-0.39, 0.29) is 16.2 Å². The number of nitrogens with one attached hydrogen (secondary N) is 1. The first-order valence-corrected chi connectivity index (χ1v) is 11.7. The Labute approximate surface area is 178 Å². The van der Waals surface area contributed by atoms with Crippen molar-refractivity contribution in [3.63, 3.8) is 0 Å². The monoisotopic (exact) mass is 462 g/mol. The van der Waals surface area contributed by atoms with E-state index < -0.39 is 11.0 Å². The van der Waals surface area contributed by atoms with Gasteiger partial charge in [-0.2, -0.15) is 0 Å². The number of anilines is 1. The van der Waals surface area contributed by atoms with Crippen LogP contribution in [0.15, 0.2) is 41.1 Å². The highest BCUT2D eigenvalue weighted by atomic mass is 79.9. The lowest BCUT2D eigenvalue weighted by Crippen LogP contribution is -2.48. The summed E-state index contributed by atoms with van der Waals surface area (Å²) < 4.78 is 17.1. The van der Waals surface area contributed by atoms with Gasteiger partial charge in [0.25, 0.3) is 0 Å². The number of nitrogens with zero attached hydrogens (tertiary/aromatic N) is 3. The Morgan fingerprint density at radius 3 is 2.46 bits per heavy atom. The number of fused-ring (bicyclic) bond motifs is 1. The number of aromatic nitrogens is 2. The van der Waals surface area contributed by atoms with E-state index in [0.29, 0.717) is 0 Å². The Morgan fingerprint density at radius 2 is 1.82 bits per heavy atom. The molecule has 2 aromatic rings. The Hall–Kier alpha value is -1.31. The van der Waals surface area contributed by atoms with Crippen molar-refractivity contribution in [2.24, 2.45) is 5.41 Å². The molecule has 5 nitrogen and oxygen atoms in total. The van der Waals surface area contributed by atoms with Crippen molar-refractivity contribution < 1.29 is 4.21 Å². The van der Waals surface area contributed by atoms with Crippen LogP contribution in [0.4, 0.5) is 5.95 Å². The number of hydrogen-bond acceptors (Lipinski definition) is 4. The van der Waals surface area contributed by atoms with Crippen molar-refractivity contribution in [2.45, 2.75) is 50.8 Å². The molecule has 1 aliphatic carbocycles. The quantitative estimate of drug-likeness (QED) is 0.742. The van der Waals surface area contributed by atoms with E-state index in [1.165, 1.54) is 11.1 Å². The molecule has 1 N–H and O–H groups in total. The van der Waals surface area contributed by atoms with E-state index >= 15 is 0 Å². The predicted molar refractivity (Wildman–Crippen MR) is 118 cm³/mol. The molecule has 1 fully saturated rings. The summed E-state index contributed by atoms with van der Waals surface area (Å²) in [5.74, 6) is 0.788. The van der Waals surface area contributed by atoms with Crippen LogP contribution in [0.25, 0.3) is 0 Å². The minimum atomic E-state index is -1.10. The molecule has 1 aromatic carbocycles. The molecule has 0 bridgehead atoms. The van der Waals surface area contributed by atoms with Crippen LogP contribution in [0, 0.1) is 5.41 Å². The third-order valence-corrected chi connectivity index (χ3v) is 7.92. The first-order chi connectivity index (χ1) is 13.3. The van der Waals surface area contributed by atoms with Crippen molar-refractivity contribution in [1.82, 2.24) is 14.7 Å². The van der Waals surface area contributed by atoms with Crippen LogP contribution in [0.1, 0.15) is 50.8 Å². The molecule has 28 heavy (non-hydrogen) atoms. The fourth-order valence-corrected chi connectivity index (χ4v) is 5.50. The first kappa shape index (κ1) is 20.0. The van der Waals surface area contributed by atoms with Crippen molar-refractivity contribution in [1.29, 1.82) is 0 Å². The number of rotatable bonds is 3. The number of halogens is 1. The molecule has 2 atom stereocenters. The summed E-state index contributed by atoms with van der Waals surface area (Å²) in [6, 6.07) is 8.75. The third-order valence-electron chi connectivity index (χ3n) is 5.95. The molecule has 1 aromatic heterocycles. The Kier molecular flexibility index (Phi) is 5.35. The van der Waals surface area contributed by atoms with E-state index in [9.17, 15) is 4.21 Å². The zero-order valence-electron chi connectivity index (χ0n) is 16.6. The highest BCUT2D eigenvalue weighted by Crippen LogP contribution is 2.52. The van der Waals surface area contributed by atoms with E-state index in [4.69, 9.17) is 0 Å². The predicted octanol–water partition coefficient (Wildman–Crippen LogP) is 4.17. The number of piperidine rings is 1. The number of hydrogen-bond donors (Lipinski definition) is 1. The minimum Gasteiger partial charge on any atom is -0.341 e. The topological polar surface area (TPSA) is 58.1 Å². The lowest BCUT2D eigenvalue weighted by Gasteiger charge is -2.44. The van der Waals surface area contributed by atoms with Crippen LogP contribution < -0.4 is 9.62 Å². The summed E-state index contributed by atoms with van der Waals surface area (Å²) in [5, 5.41) is 0. The molecule has 0 radical (unpaired) electrons. The van der Waals surface area contributed by atoms with E-state index in [0.717, 1.165) is 42.8 Å². The molecule has 4 rings (SSSR count). The zero-order valence-corrected chi connectivity index (χ0v) is 19.0. The van der Waals surface area contributed by atoms with Gasteiger partial charge in [-0.15, -0.1) is 0 Å². The summed E-state index contributed by atoms with van der Waals surface area (Å²) >= 11 is 3.40. The molecule has 1 aliphatic heterocycles. The van der Waals surface area contributed by atoms with Gasteiger partial charge in [0.1, 0.15) is 0 Å². The van der Waals surface area contributed by atoms with Gasteiger partial charge >= 0.3 is 0 Å². The standard InChI is InChI=1S/C21H27BrN4OS/c1-20(2,3)28(27)25-18-17-7-5-4-6-15(17)12-21(18)8-10-26(11-9-21)19-23-13-16(22)14-24-19/h4-7,13-14,18,25H,8-12H2,1-3H3/t18-,28-/m1/s1. The maximum atomic E-state index is 12.9. The van der Waals surface area contributed by atoms with Crippen LogP contribution in [0.5, 0.6) is 0 Å². The molecule has 2 heterocycles. The van der Waals surface area contributed by atoms with Crippen molar-refractivity contribution in [2.75, 3.05) is 18.0 Å². The molecule has 0 unspecified atom stereocenters. The van der Waals surface area contributed by atoms with Crippen molar-refractivity contribution in [3.05, 3.63) is 52.3 Å². The van der Waals surface area contributed by atoms with Gasteiger partial charge in [-0.1, -0.05) is 24.3 Å². The SMILES string of the molecule is CC(C)(C)[S@@](=O)N[C@@H]1c2ccccc2CC12CCN(c1ncc(Br)cn1)CC2. The molecule has 150 valence electrons. The van der Waals surface area contributed by atoms with Gasteiger partial charge < -0.3 is 4.90 Å². The van der Waals surface area contributed by atoms with Gasteiger partial charge in [-0.05, 0) is 72.5 Å².